The predicted molar refractivity (Wildman–Crippen MR) is 166 cm³/mol. The third-order valence-corrected chi connectivity index (χ3v) is 8.57. The number of aryl methyl sites for hydroxylation is 2. The second-order valence-corrected chi connectivity index (χ2v) is 13.9. The molecule has 0 radical (unpaired) electrons. The van der Waals surface area contributed by atoms with Crippen molar-refractivity contribution in [1.29, 1.82) is 0 Å². The van der Waals surface area contributed by atoms with Crippen LogP contribution in [-0.4, -0.2) is 43.3 Å². The van der Waals surface area contributed by atoms with Gasteiger partial charge in [0.2, 0.25) is 11.8 Å². The first-order valence-electron chi connectivity index (χ1n) is 13.3. The molecule has 0 aliphatic rings. The van der Waals surface area contributed by atoms with Gasteiger partial charge in [0.1, 0.15) is 12.6 Å². The Bertz CT molecular complexity index is 1480. The standard InChI is InChI=1S/C31H37Cl2N3O4S/c1-7-28(30(38)34-31(4,5)6)35(19-23-10-8-9-22(3)15-23)29(37)20-36(26-17-24(32)16-25(33)18-26)41(39,40)27-13-11-21(2)12-14-27/h8-18,28H,7,19-20H2,1-6H3,(H,34,38). The van der Waals surface area contributed by atoms with Gasteiger partial charge in [-0.1, -0.05) is 77.7 Å². The minimum Gasteiger partial charge on any atom is -0.350 e. The van der Waals surface area contributed by atoms with E-state index in [9.17, 15) is 18.0 Å². The van der Waals surface area contributed by atoms with Crippen LogP contribution in [0.15, 0.2) is 71.6 Å². The Labute approximate surface area is 253 Å². The van der Waals surface area contributed by atoms with E-state index < -0.39 is 34.1 Å². The lowest BCUT2D eigenvalue weighted by Gasteiger charge is -2.35. The highest BCUT2D eigenvalue weighted by Gasteiger charge is 2.34. The van der Waals surface area contributed by atoms with Crippen molar-refractivity contribution >= 4 is 50.7 Å². The Kier molecular flexibility index (Phi) is 10.5. The lowest BCUT2D eigenvalue weighted by atomic mass is 10.0. The molecule has 0 aromatic heterocycles. The van der Waals surface area contributed by atoms with Gasteiger partial charge in [-0.15, -0.1) is 0 Å². The maximum atomic E-state index is 14.2. The van der Waals surface area contributed by atoms with Crippen molar-refractivity contribution in [2.24, 2.45) is 0 Å². The zero-order valence-electron chi connectivity index (χ0n) is 24.2. The van der Waals surface area contributed by atoms with E-state index in [2.05, 4.69) is 5.32 Å². The molecular weight excluding hydrogens is 581 g/mol. The molecule has 0 spiro atoms. The van der Waals surface area contributed by atoms with E-state index in [4.69, 9.17) is 23.2 Å². The summed E-state index contributed by atoms with van der Waals surface area (Å²) in [6, 6.07) is 17.5. The molecule has 0 saturated heterocycles. The maximum Gasteiger partial charge on any atom is 0.264 e. The highest BCUT2D eigenvalue weighted by molar-refractivity contribution is 7.92. The summed E-state index contributed by atoms with van der Waals surface area (Å²) in [7, 11) is -4.23. The number of nitrogens with one attached hydrogen (secondary N) is 1. The predicted octanol–water partition coefficient (Wildman–Crippen LogP) is 6.53. The van der Waals surface area contributed by atoms with Crippen LogP contribution in [0.4, 0.5) is 5.69 Å². The van der Waals surface area contributed by atoms with Gasteiger partial charge in [-0.3, -0.25) is 13.9 Å². The van der Waals surface area contributed by atoms with Crippen LogP contribution >= 0.6 is 23.2 Å². The van der Waals surface area contributed by atoms with Crippen LogP contribution in [0.3, 0.4) is 0 Å². The van der Waals surface area contributed by atoms with Gasteiger partial charge >= 0.3 is 0 Å². The van der Waals surface area contributed by atoms with Crippen LogP contribution in [0.1, 0.15) is 50.8 Å². The highest BCUT2D eigenvalue weighted by atomic mass is 35.5. The highest BCUT2D eigenvalue weighted by Crippen LogP contribution is 2.30. The van der Waals surface area contributed by atoms with E-state index in [1.807, 2.05) is 65.8 Å². The van der Waals surface area contributed by atoms with E-state index in [-0.39, 0.29) is 33.1 Å². The molecule has 0 heterocycles. The summed E-state index contributed by atoms with van der Waals surface area (Å²) in [5, 5.41) is 3.40. The van der Waals surface area contributed by atoms with E-state index >= 15 is 0 Å². The molecule has 1 N–H and O–H groups in total. The van der Waals surface area contributed by atoms with Gasteiger partial charge in [0, 0.05) is 22.1 Å². The van der Waals surface area contributed by atoms with Crippen molar-refractivity contribution in [1.82, 2.24) is 10.2 Å². The molecule has 10 heteroatoms. The van der Waals surface area contributed by atoms with Crippen LogP contribution in [0.25, 0.3) is 0 Å². The second kappa shape index (κ2) is 13.3. The summed E-state index contributed by atoms with van der Waals surface area (Å²) in [4.78, 5) is 29.0. The Morgan fingerprint density at radius 1 is 0.902 bits per heavy atom. The number of sulfonamides is 1. The molecule has 0 saturated carbocycles. The topological polar surface area (TPSA) is 86.8 Å². The molecule has 0 aliphatic heterocycles. The number of carbonyl (C=O) groups excluding carboxylic acids is 2. The lowest BCUT2D eigenvalue weighted by Crippen LogP contribution is -2.55. The van der Waals surface area contributed by atoms with E-state index in [0.717, 1.165) is 21.0 Å². The van der Waals surface area contributed by atoms with Crippen molar-refractivity contribution in [2.45, 2.75) is 71.0 Å². The normalized spacial score (nSPS) is 12.5. The zero-order valence-corrected chi connectivity index (χ0v) is 26.6. The van der Waals surface area contributed by atoms with Crippen molar-refractivity contribution in [3.05, 3.63) is 93.5 Å². The van der Waals surface area contributed by atoms with E-state index in [1.54, 1.807) is 12.1 Å². The Hall–Kier alpha value is -3.07. The van der Waals surface area contributed by atoms with Gasteiger partial charge in [0.15, 0.2) is 0 Å². The SMILES string of the molecule is CCC(C(=O)NC(C)(C)C)N(Cc1cccc(C)c1)C(=O)CN(c1cc(Cl)cc(Cl)c1)S(=O)(=O)c1ccc(C)cc1. The van der Waals surface area contributed by atoms with Crippen LogP contribution in [0.2, 0.25) is 10.0 Å². The fourth-order valence-electron chi connectivity index (χ4n) is 4.43. The molecule has 3 aromatic carbocycles. The minimum absolute atomic E-state index is 0.00903. The average Bonchev–Trinajstić information content (AvgIpc) is 2.85. The molecule has 220 valence electrons. The van der Waals surface area contributed by atoms with Gasteiger partial charge in [0.05, 0.1) is 10.6 Å². The number of hydrogen-bond acceptors (Lipinski definition) is 4. The molecule has 3 aromatic rings. The average molecular weight is 619 g/mol. The second-order valence-electron chi connectivity index (χ2n) is 11.1. The number of halogens is 2. The number of rotatable bonds is 10. The summed E-state index contributed by atoms with van der Waals surface area (Å²) >= 11 is 12.5. The first kappa shape index (κ1) is 32.4. The molecule has 7 nitrogen and oxygen atoms in total. The summed E-state index contributed by atoms with van der Waals surface area (Å²) in [5.41, 5.74) is 2.32. The van der Waals surface area contributed by atoms with Crippen LogP contribution < -0.4 is 9.62 Å². The summed E-state index contributed by atoms with van der Waals surface area (Å²) < 4.78 is 29.0. The van der Waals surface area contributed by atoms with Crippen molar-refractivity contribution in [2.75, 3.05) is 10.8 Å². The number of amides is 2. The van der Waals surface area contributed by atoms with E-state index in [1.165, 1.54) is 35.2 Å². The van der Waals surface area contributed by atoms with E-state index in [0.29, 0.717) is 6.42 Å². The Morgan fingerprint density at radius 3 is 2.05 bits per heavy atom. The number of hydrogen-bond donors (Lipinski definition) is 1. The van der Waals surface area contributed by atoms with Crippen LogP contribution in [-0.2, 0) is 26.2 Å². The molecule has 1 atom stereocenters. The fourth-order valence-corrected chi connectivity index (χ4v) is 6.34. The third kappa shape index (κ3) is 8.71. The van der Waals surface area contributed by atoms with Gasteiger partial charge in [0.25, 0.3) is 10.0 Å². The number of anilines is 1. The molecule has 0 fully saturated rings. The molecule has 41 heavy (non-hydrogen) atoms. The van der Waals surface area contributed by atoms with Gasteiger partial charge in [-0.25, -0.2) is 8.42 Å². The first-order chi connectivity index (χ1) is 19.1. The van der Waals surface area contributed by atoms with Crippen molar-refractivity contribution < 1.29 is 18.0 Å². The van der Waals surface area contributed by atoms with Gasteiger partial charge in [-0.2, -0.15) is 0 Å². The number of nitrogens with zero attached hydrogens (tertiary/aromatic N) is 2. The lowest BCUT2D eigenvalue weighted by molar-refractivity contribution is -0.141. The minimum atomic E-state index is -4.23. The molecule has 2 amide bonds. The van der Waals surface area contributed by atoms with Crippen LogP contribution in [0, 0.1) is 13.8 Å². The first-order valence-corrected chi connectivity index (χ1v) is 15.5. The fraction of sp³-hybridized carbons (Fsp3) is 0.355. The van der Waals surface area contributed by atoms with Crippen molar-refractivity contribution in [3.8, 4) is 0 Å². The molecule has 1 unspecified atom stereocenters. The van der Waals surface area contributed by atoms with Crippen molar-refractivity contribution in [3.63, 3.8) is 0 Å². The van der Waals surface area contributed by atoms with Gasteiger partial charge in [-0.05, 0) is 76.9 Å². The molecule has 3 rings (SSSR count). The molecule has 0 bridgehead atoms. The quantitative estimate of drug-likeness (QED) is 0.280. The summed E-state index contributed by atoms with van der Waals surface area (Å²) in [5.74, 6) is -0.867. The maximum absolute atomic E-state index is 14.2. The number of benzene rings is 3. The molecule has 0 aliphatic carbocycles. The van der Waals surface area contributed by atoms with Gasteiger partial charge < -0.3 is 10.2 Å². The largest absolute Gasteiger partial charge is 0.350 e. The Balaban J connectivity index is 2.11. The smallest absolute Gasteiger partial charge is 0.264 e. The number of carbonyl (C=O) groups is 2. The third-order valence-electron chi connectivity index (χ3n) is 6.34. The zero-order chi connectivity index (χ0) is 30.5. The van der Waals surface area contributed by atoms with Crippen LogP contribution in [0.5, 0.6) is 0 Å². The monoisotopic (exact) mass is 617 g/mol. The summed E-state index contributed by atoms with van der Waals surface area (Å²) in [6.45, 7) is 10.8. The Morgan fingerprint density at radius 2 is 1.51 bits per heavy atom. The molecular formula is C31H37Cl2N3O4S. The summed E-state index contributed by atoms with van der Waals surface area (Å²) in [6.07, 6.45) is 0.327.